The monoisotopic (exact) mass is 168 g/mol. The van der Waals surface area contributed by atoms with Gasteiger partial charge in [0, 0.05) is 0 Å². The smallest absolute Gasteiger partial charge is 0.0383 e. The van der Waals surface area contributed by atoms with Crippen LogP contribution in [-0.4, -0.2) is 0 Å². The van der Waals surface area contributed by atoms with Gasteiger partial charge in [-0.3, -0.25) is 0 Å². The van der Waals surface area contributed by atoms with Gasteiger partial charge in [0.1, 0.15) is 0 Å². The molecule has 1 saturated carbocycles. The third-order valence-corrected chi connectivity index (χ3v) is 3.56. The Kier molecular flexibility index (Phi) is 4.11. The molecule has 0 amide bonds. The van der Waals surface area contributed by atoms with Crippen LogP contribution >= 0.6 is 0 Å². The molecule has 1 rings (SSSR count). The van der Waals surface area contributed by atoms with Crippen LogP contribution in [0.3, 0.4) is 0 Å². The minimum absolute atomic E-state index is 0.962. The van der Waals surface area contributed by atoms with Gasteiger partial charge in [-0.1, -0.05) is 52.9 Å². The van der Waals surface area contributed by atoms with Gasteiger partial charge < -0.3 is 0 Å². The Bertz CT molecular complexity index is 117. The normalized spacial score (nSPS) is 30.2. The van der Waals surface area contributed by atoms with Gasteiger partial charge >= 0.3 is 0 Å². The fraction of sp³-hybridized carbons (Fsp3) is 1.00. The van der Waals surface area contributed by atoms with E-state index in [2.05, 4.69) is 20.8 Å². The predicted octanol–water partition coefficient (Wildman–Crippen LogP) is 4.25. The Labute approximate surface area is 77.7 Å². The molecular formula is C12H24. The molecule has 0 aromatic heterocycles. The maximum atomic E-state index is 2.38. The zero-order valence-electron chi connectivity index (χ0n) is 8.97. The second kappa shape index (κ2) is 4.89. The van der Waals surface area contributed by atoms with Crippen LogP contribution in [0.4, 0.5) is 0 Å². The van der Waals surface area contributed by atoms with Crippen molar-refractivity contribution in [2.45, 2.75) is 59.3 Å². The molecule has 0 radical (unpaired) electrons. The first-order valence-electron chi connectivity index (χ1n) is 5.77. The molecule has 0 aromatic carbocycles. The lowest BCUT2D eigenvalue weighted by molar-refractivity contribution is 0.465. The van der Waals surface area contributed by atoms with E-state index in [4.69, 9.17) is 0 Å². The summed E-state index contributed by atoms with van der Waals surface area (Å²) in [5.41, 5.74) is 0. The second-order valence-corrected chi connectivity index (χ2v) is 4.61. The first-order chi connectivity index (χ1) is 5.77. The van der Waals surface area contributed by atoms with Gasteiger partial charge in [0.25, 0.3) is 0 Å². The lowest BCUT2D eigenvalue weighted by Crippen LogP contribution is -1.92. The van der Waals surface area contributed by atoms with Crippen LogP contribution in [-0.2, 0) is 0 Å². The zero-order valence-corrected chi connectivity index (χ0v) is 8.97. The third-order valence-electron chi connectivity index (χ3n) is 3.56. The Morgan fingerprint density at radius 2 is 2.00 bits per heavy atom. The van der Waals surface area contributed by atoms with Gasteiger partial charge in [-0.2, -0.15) is 0 Å². The summed E-state index contributed by atoms with van der Waals surface area (Å²) in [5, 5.41) is 0. The maximum absolute atomic E-state index is 2.38. The number of hydrogen-bond donors (Lipinski definition) is 0. The van der Waals surface area contributed by atoms with E-state index in [9.17, 15) is 0 Å². The van der Waals surface area contributed by atoms with E-state index in [0.29, 0.717) is 0 Å². The molecule has 3 unspecified atom stereocenters. The number of rotatable bonds is 6. The molecule has 12 heavy (non-hydrogen) atoms. The Balaban J connectivity index is 1.90. The number of hydrogen-bond acceptors (Lipinski definition) is 0. The lowest BCUT2D eigenvalue weighted by Gasteiger charge is -2.06. The van der Waals surface area contributed by atoms with Gasteiger partial charge in [0.15, 0.2) is 0 Å². The highest BCUT2D eigenvalue weighted by Gasteiger charge is 2.33. The van der Waals surface area contributed by atoms with E-state index in [1.165, 1.54) is 38.5 Å². The fourth-order valence-electron chi connectivity index (χ4n) is 2.10. The molecule has 3 atom stereocenters. The van der Waals surface area contributed by atoms with Crippen molar-refractivity contribution in [2.24, 2.45) is 17.8 Å². The minimum atomic E-state index is 0.962. The van der Waals surface area contributed by atoms with Gasteiger partial charge in [-0.05, 0) is 24.2 Å². The van der Waals surface area contributed by atoms with E-state index in [1.807, 2.05) is 0 Å². The van der Waals surface area contributed by atoms with E-state index < -0.39 is 0 Å². The standard InChI is InChI=1S/C12H24/c1-4-10(3)7-6-8-12-9-11(12)5-2/h10-12H,4-9H2,1-3H3. The zero-order chi connectivity index (χ0) is 8.97. The summed E-state index contributed by atoms with van der Waals surface area (Å²) in [6.07, 6.45) is 8.79. The molecular weight excluding hydrogens is 144 g/mol. The van der Waals surface area contributed by atoms with Crippen molar-refractivity contribution in [3.8, 4) is 0 Å². The molecule has 0 nitrogen and oxygen atoms in total. The molecule has 0 aliphatic heterocycles. The van der Waals surface area contributed by atoms with Crippen LogP contribution in [0.25, 0.3) is 0 Å². The summed E-state index contributed by atoms with van der Waals surface area (Å²) in [4.78, 5) is 0. The van der Waals surface area contributed by atoms with Gasteiger partial charge in [0.2, 0.25) is 0 Å². The molecule has 72 valence electrons. The highest BCUT2D eigenvalue weighted by molar-refractivity contribution is 4.84. The van der Waals surface area contributed by atoms with E-state index in [1.54, 1.807) is 0 Å². The highest BCUT2D eigenvalue weighted by atomic mass is 14.4. The van der Waals surface area contributed by atoms with Crippen molar-refractivity contribution in [1.82, 2.24) is 0 Å². The third kappa shape index (κ3) is 3.16. The predicted molar refractivity (Wildman–Crippen MR) is 55.2 cm³/mol. The topological polar surface area (TPSA) is 0 Å². The maximum Gasteiger partial charge on any atom is -0.0383 e. The average molecular weight is 168 g/mol. The van der Waals surface area contributed by atoms with Gasteiger partial charge in [-0.15, -0.1) is 0 Å². The summed E-state index contributed by atoms with van der Waals surface area (Å²) >= 11 is 0. The Hall–Kier alpha value is 0. The summed E-state index contributed by atoms with van der Waals surface area (Å²) in [7, 11) is 0. The quantitative estimate of drug-likeness (QED) is 0.556. The lowest BCUT2D eigenvalue weighted by atomic mass is 10.00. The molecule has 0 heterocycles. The van der Waals surface area contributed by atoms with Gasteiger partial charge in [-0.25, -0.2) is 0 Å². The second-order valence-electron chi connectivity index (χ2n) is 4.61. The Morgan fingerprint density at radius 3 is 2.50 bits per heavy atom. The van der Waals surface area contributed by atoms with Crippen LogP contribution in [0.5, 0.6) is 0 Å². The van der Waals surface area contributed by atoms with Crippen molar-refractivity contribution in [3.05, 3.63) is 0 Å². The van der Waals surface area contributed by atoms with E-state index in [0.717, 1.165) is 17.8 Å². The average Bonchev–Trinajstić information content (AvgIpc) is 2.83. The first-order valence-corrected chi connectivity index (χ1v) is 5.77. The van der Waals surface area contributed by atoms with Crippen LogP contribution in [0.15, 0.2) is 0 Å². The molecule has 0 aromatic rings. The van der Waals surface area contributed by atoms with E-state index in [-0.39, 0.29) is 0 Å². The largest absolute Gasteiger partial charge is 0.0651 e. The summed E-state index contributed by atoms with van der Waals surface area (Å²) < 4.78 is 0. The molecule has 1 fully saturated rings. The van der Waals surface area contributed by atoms with Crippen molar-refractivity contribution in [2.75, 3.05) is 0 Å². The SMILES string of the molecule is CCC(C)CCCC1CC1CC. The molecule has 0 spiro atoms. The van der Waals surface area contributed by atoms with Crippen LogP contribution < -0.4 is 0 Å². The van der Waals surface area contributed by atoms with Crippen molar-refractivity contribution in [1.29, 1.82) is 0 Å². The Morgan fingerprint density at radius 1 is 1.25 bits per heavy atom. The molecule has 0 N–H and O–H groups in total. The fourth-order valence-corrected chi connectivity index (χ4v) is 2.10. The molecule has 0 heteroatoms. The van der Waals surface area contributed by atoms with Crippen LogP contribution in [0, 0.1) is 17.8 Å². The van der Waals surface area contributed by atoms with Crippen molar-refractivity contribution >= 4 is 0 Å². The van der Waals surface area contributed by atoms with Gasteiger partial charge in [0.05, 0.1) is 0 Å². The first kappa shape index (κ1) is 10.1. The van der Waals surface area contributed by atoms with Crippen LogP contribution in [0.1, 0.15) is 59.3 Å². The summed E-state index contributed by atoms with van der Waals surface area (Å²) in [6.45, 7) is 7.01. The summed E-state index contributed by atoms with van der Waals surface area (Å²) in [5.74, 6) is 3.20. The van der Waals surface area contributed by atoms with Crippen molar-refractivity contribution in [3.63, 3.8) is 0 Å². The molecule has 1 aliphatic carbocycles. The van der Waals surface area contributed by atoms with Crippen molar-refractivity contribution < 1.29 is 0 Å². The molecule has 0 saturated heterocycles. The summed E-state index contributed by atoms with van der Waals surface area (Å²) in [6, 6.07) is 0. The van der Waals surface area contributed by atoms with E-state index >= 15 is 0 Å². The highest BCUT2D eigenvalue weighted by Crippen LogP contribution is 2.44. The van der Waals surface area contributed by atoms with Crippen LogP contribution in [0.2, 0.25) is 0 Å². The minimum Gasteiger partial charge on any atom is -0.0651 e. The molecule has 0 bridgehead atoms. The molecule has 1 aliphatic rings.